The summed E-state index contributed by atoms with van der Waals surface area (Å²) in [5, 5.41) is 23.3. The maximum absolute atomic E-state index is 11.6. The highest BCUT2D eigenvalue weighted by molar-refractivity contribution is 5.65. The van der Waals surface area contributed by atoms with E-state index >= 15 is 0 Å². The van der Waals surface area contributed by atoms with E-state index in [0.717, 1.165) is 27.9 Å². The minimum atomic E-state index is -1.14. The van der Waals surface area contributed by atoms with E-state index in [4.69, 9.17) is 10.5 Å². The molecule has 0 fully saturated rings. The molecule has 202 valence electrons. The molecule has 0 aliphatic rings. The highest BCUT2D eigenvalue weighted by Gasteiger charge is 2.29. The molecule has 0 saturated carbocycles. The predicted molar refractivity (Wildman–Crippen MR) is 153 cm³/mol. The van der Waals surface area contributed by atoms with Gasteiger partial charge < -0.3 is 26.0 Å². The minimum absolute atomic E-state index is 0.135. The van der Waals surface area contributed by atoms with Crippen molar-refractivity contribution in [2.75, 3.05) is 7.11 Å². The third kappa shape index (κ3) is 7.89. The summed E-state index contributed by atoms with van der Waals surface area (Å²) in [5.74, 6) is 0.400. The zero-order valence-corrected chi connectivity index (χ0v) is 22.0. The number of rotatable bonds is 12. The van der Waals surface area contributed by atoms with Gasteiger partial charge in [-0.3, -0.25) is 0 Å². The Morgan fingerprint density at radius 1 is 0.872 bits per heavy atom. The number of hydrogen-bond acceptors (Lipinski definition) is 5. The van der Waals surface area contributed by atoms with Gasteiger partial charge in [-0.25, -0.2) is 9.78 Å². The van der Waals surface area contributed by atoms with Crippen LogP contribution in [-0.2, 0) is 12.8 Å². The van der Waals surface area contributed by atoms with Crippen LogP contribution < -0.4 is 15.8 Å². The average Bonchev–Trinajstić information content (AvgIpc) is 2.96. The number of amides is 1. The van der Waals surface area contributed by atoms with Crippen LogP contribution >= 0.6 is 0 Å². The second kappa shape index (κ2) is 13.6. The van der Waals surface area contributed by atoms with Gasteiger partial charge >= 0.3 is 6.09 Å². The zero-order chi connectivity index (χ0) is 27.6. The monoisotopic (exact) mass is 525 g/mol. The maximum Gasteiger partial charge on any atom is 0.404 e. The summed E-state index contributed by atoms with van der Waals surface area (Å²) < 4.78 is 5.22. The predicted octanol–water partition coefficient (Wildman–Crippen LogP) is 5.04. The Morgan fingerprint density at radius 3 is 2.15 bits per heavy atom. The van der Waals surface area contributed by atoms with Crippen LogP contribution in [0.4, 0.5) is 4.79 Å². The molecule has 3 aromatic carbocycles. The van der Waals surface area contributed by atoms with Gasteiger partial charge in [0.2, 0.25) is 5.88 Å². The van der Waals surface area contributed by atoms with Crippen molar-refractivity contribution in [3.05, 3.63) is 120 Å². The Morgan fingerprint density at radius 2 is 1.51 bits per heavy atom. The molecule has 1 unspecified atom stereocenters. The van der Waals surface area contributed by atoms with E-state index in [1.54, 1.807) is 13.2 Å². The number of nitrogens with zero attached hydrogens (tertiary/aromatic N) is 1. The molecule has 4 atom stereocenters. The van der Waals surface area contributed by atoms with Crippen molar-refractivity contribution >= 4 is 6.09 Å². The average molecular weight is 526 g/mol. The van der Waals surface area contributed by atoms with Crippen LogP contribution in [0.5, 0.6) is 5.88 Å². The fourth-order valence-corrected chi connectivity index (χ4v) is 4.91. The van der Waals surface area contributed by atoms with Crippen molar-refractivity contribution in [3.8, 4) is 17.1 Å². The molecular weight excluding hydrogens is 490 g/mol. The summed E-state index contributed by atoms with van der Waals surface area (Å²) in [5.41, 5.74) is 11.5. The van der Waals surface area contributed by atoms with Gasteiger partial charge in [0, 0.05) is 29.6 Å². The second-order valence-corrected chi connectivity index (χ2v) is 9.70. The largest absolute Gasteiger partial charge is 0.481 e. The second-order valence-electron chi connectivity index (χ2n) is 9.70. The number of methoxy groups -OCH3 is 1. The van der Waals surface area contributed by atoms with E-state index < -0.39 is 24.3 Å². The Labute approximate surface area is 229 Å². The molecule has 0 spiro atoms. The SMILES string of the molecule is COc1cccc(-c2ccc(C[C@@H](C[C@H](O)[C@@H](N)C(Cc3ccccc3)c3ccccc3)NC(=O)O)cc2)n1. The van der Waals surface area contributed by atoms with Crippen molar-refractivity contribution < 1.29 is 19.7 Å². The van der Waals surface area contributed by atoms with Gasteiger partial charge in [-0.1, -0.05) is 91.0 Å². The first-order chi connectivity index (χ1) is 18.9. The first kappa shape index (κ1) is 27.8. The number of aliphatic hydroxyl groups excluding tert-OH is 1. The molecule has 0 aliphatic heterocycles. The molecule has 7 nitrogen and oxygen atoms in total. The van der Waals surface area contributed by atoms with Crippen LogP contribution in [0.1, 0.15) is 29.0 Å². The maximum atomic E-state index is 11.6. The molecule has 0 aliphatic carbocycles. The van der Waals surface area contributed by atoms with Crippen LogP contribution in [0, 0.1) is 0 Å². The first-order valence-corrected chi connectivity index (χ1v) is 13.0. The standard InChI is InChI=1S/C32H35N3O4/c1-39-30-14-8-13-28(35-30)25-17-15-23(16-18-25)19-26(34-32(37)38)21-29(36)31(33)27(24-11-6-3-7-12-24)20-22-9-4-2-5-10-22/h2-18,26-27,29,31,34,36H,19-21,33H2,1H3,(H,37,38)/t26-,27?,29-,31-/m0/s1. The number of nitrogens with two attached hydrogens (primary N) is 1. The number of carbonyl (C=O) groups is 1. The summed E-state index contributed by atoms with van der Waals surface area (Å²) in [6.45, 7) is 0. The highest BCUT2D eigenvalue weighted by atomic mass is 16.5. The number of hydrogen-bond donors (Lipinski definition) is 4. The van der Waals surface area contributed by atoms with Crippen molar-refractivity contribution in [2.45, 2.75) is 43.4 Å². The lowest BCUT2D eigenvalue weighted by Crippen LogP contribution is -2.46. The fraction of sp³-hybridized carbons (Fsp3) is 0.250. The van der Waals surface area contributed by atoms with Gasteiger partial charge in [0.15, 0.2) is 0 Å². The van der Waals surface area contributed by atoms with E-state index in [9.17, 15) is 15.0 Å². The highest BCUT2D eigenvalue weighted by Crippen LogP contribution is 2.27. The Hall–Kier alpha value is -4.20. The summed E-state index contributed by atoms with van der Waals surface area (Å²) in [4.78, 5) is 16.1. The Kier molecular flexibility index (Phi) is 9.67. The first-order valence-electron chi connectivity index (χ1n) is 13.0. The fourth-order valence-electron chi connectivity index (χ4n) is 4.91. The summed E-state index contributed by atoms with van der Waals surface area (Å²) >= 11 is 0. The molecular formula is C32H35N3O4. The summed E-state index contributed by atoms with van der Waals surface area (Å²) in [7, 11) is 1.58. The van der Waals surface area contributed by atoms with Crippen molar-refractivity contribution in [1.82, 2.24) is 10.3 Å². The van der Waals surface area contributed by atoms with E-state index in [1.807, 2.05) is 84.9 Å². The quantitative estimate of drug-likeness (QED) is 0.206. The third-order valence-electron chi connectivity index (χ3n) is 6.95. The lowest BCUT2D eigenvalue weighted by Gasteiger charge is -2.31. The molecule has 0 saturated heterocycles. The van der Waals surface area contributed by atoms with Gasteiger partial charge in [0.1, 0.15) is 0 Å². The van der Waals surface area contributed by atoms with Gasteiger partial charge in [0.25, 0.3) is 0 Å². The van der Waals surface area contributed by atoms with Gasteiger partial charge in [-0.05, 0) is 42.0 Å². The molecule has 1 heterocycles. The minimum Gasteiger partial charge on any atom is -0.481 e. The normalized spacial score (nSPS) is 14.1. The molecule has 0 radical (unpaired) electrons. The Bertz CT molecular complexity index is 1320. The van der Waals surface area contributed by atoms with Crippen LogP contribution in [0.15, 0.2) is 103 Å². The molecule has 0 bridgehead atoms. The van der Waals surface area contributed by atoms with Crippen LogP contribution in [0.25, 0.3) is 11.3 Å². The van der Waals surface area contributed by atoms with Crippen LogP contribution in [0.2, 0.25) is 0 Å². The number of benzene rings is 3. The zero-order valence-electron chi connectivity index (χ0n) is 22.0. The summed E-state index contributed by atoms with van der Waals surface area (Å²) in [6.07, 6.45) is -0.792. The Balaban J connectivity index is 1.48. The number of nitrogens with one attached hydrogen (secondary N) is 1. The number of aromatic nitrogens is 1. The number of carboxylic acid groups (broad SMARTS) is 1. The topological polar surface area (TPSA) is 118 Å². The van der Waals surface area contributed by atoms with Gasteiger partial charge in [-0.15, -0.1) is 0 Å². The smallest absolute Gasteiger partial charge is 0.404 e. The van der Waals surface area contributed by atoms with E-state index in [0.29, 0.717) is 18.7 Å². The van der Waals surface area contributed by atoms with Crippen LogP contribution in [-0.4, -0.2) is 46.6 Å². The third-order valence-corrected chi connectivity index (χ3v) is 6.95. The molecule has 1 amide bonds. The summed E-state index contributed by atoms with van der Waals surface area (Å²) in [6, 6.07) is 32.2. The van der Waals surface area contributed by atoms with E-state index in [-0.39, 0.29) is 12.3 Å². The van der Waals surface area contributed by atoms with Crippen molar-refractivity contribution in [3.63, 3.8) is 0 Å². The number of aliphatic hydroxyl groups is 1. The lowest BCUT2D eigenvalue weighted by atomic mass is 9.82. The number of ether oxygens (including phenoxy) is 1. The van der Waals surface area contributed by atoms with Gasteiger partial charge in [0.05, 0.1) is 18.9 Å². The van der Waals surface area contributed by atoms with Crippen LogP contribution in [0.3, 0.4) is 0 Å². The van der Waals surface area contributed by atoms with E-state index in [2.05, 4.69) is 22.4 Å². The molecule has 39 heavy (non-hydrogen) atoms. The number of pyridine rings is 1. The van der Waals surface area contributed by atoms with Crippen molar-refractivity contribution in [2.24, 2.45) is 5.73 Å². The molecule has 4 aromatic rings. The van der Waals surface area contributed by atoms with Gasteiger partial charge in [-0.2, -0.15) is 0 Å². The van der Waals surface area contributed by atoms with Crippen molar-refractivity contribution in [1.29, 1.82) is 0 Å². The molecule has 7 heteroatoms. The van der Waals surface area contributed by atoms with E-state index in [1.165, 1.54) is 0 Å². The molecule has 4 rings (SSSR count). The molecule has 1 aromatic heterocycles. The molecule has 5 N–H and O–H groups in total. The lowest BCUT2D eigenvalue weighted by molar-refractivity contribution is 0.108.